The highest BCUT2D eigenvalue weighted by atomic mass is 79.9. The van der Waals surface area contributed by atoms with Crippen LogP contribution in [0.4, 0.5) is 34.5 Å². The van der Waals surface area contributed by atoms with Gasteiger partial charge >= 0.3 is 0 Å². The molecule has 2 aliphatic heterocycles. The van der Waals surface area contributed by atoms with Crippen molar-refractivity contribution in [2.75, 3.05) is 80.0 Å². The van der Waals surface area contributed by atoms with Gasteiger partial charge in [-0.25, -0.2) is 4.98 Å². The minimum absolute atomic E-state index is 0.466. The van der Waals surface area contributed by atoms with E-state index >= 15 is 0 Å². The fourth-order valence-corrected chi connectivity index (χ4v) is 8.07. The molecule has 0 amide bonds. The fraction of sp³-hybridized carbons (Fsp3) is 0.500. The number of aryl methyl sites for hydroxylation is 1. The molecule has 0 aliphatic carbocycles. The summed E-state index contributed by atoms with van der Waals surface area (Å²) in [4.78, 5) is 26.4. The van der Waals surface area contributed by atoms with Gasteiger partial charge in [0.1, 0.15) is 17.1 Å². The summed E-state index contributed by atoms with van der Waals surface area (Å²) in [5.74, 6) is 1.87. The van der Waals surface area contributed by atoms with E-state index < -0.39 is 0 Å². The third-order valence-corrected chi connectivity index (χ3v) is 11.2. The topological polar surface area (TPSA) is 97.8 Å². The summed E-state index contributed by atoms with van der Waals surface area (Å²) in [6, 6.07) is 9.67. The van der Waals surface area contributed by atoms with Crippen molar-refractivity contribution in [1.29, 1.82) is 0 Å². The van der Waals surface area contributed by atoms with E-state index in [4.69, 9.17) is 9.72 Å². The van der Waals surface area contributed by atoms with Gasteiger partial charge in [0.05, 0.1) is 34.2 Å². The number of piperidine rings is 2. The van der Waals surface area contributed by atoms with E-state index in [1.165, 1.54) is 50.0 Å². The lowest BCUT2D eigenvalue weighted by molar-refractivity contribution is 0.0680. The summed E-state index contributed by atoms with van der Waals surface area (Å²) in [5.41, 5.74) is 6.81. The average molecular weight is 750 g/mol. The van der Waals surface area contributed by atoms with Gasteiger partial charge in [-0.3, -0.25) is 14.9 Å². The molecule has 2 fully saturated rings. The number of likely N-dealkylation sites (N-methyl/N-ethyl adjacent to an activating group) is 2. The number of hydrogen-bond donors (Lipinski definition) is 2. The first-order valence-corrected chi connectivity index (χ1v) is 19.3. The summed E-state index contributed by atoms with van der Waals surface area (Å²) in [7, 11) is 6.01. The lowest BCUT2D eigenvalue weighted by Gasteiger charge is -2.45. The average Bonchev–Trinajstić information content (AvgIpc) is 3.13. The Hall–Kier alpha value is -3.39. The van der Waals surface area contributed by atoms with Crippen LogP contribution in [0.25, 0.3) is 11.0 Å². The number of hydrogen-bond acceptors (Lipinski definition) is 12. The Morgan fingerprint density at radius 2 is 1.80 bits per heavy atom. The number of fused-ring (bicyclic) bond motifs is 1. The van der Waals surface area contributed by atoms with Crippen LogP contribution in [0, 0.1) is 0 Å². The van der Waals surface area contributed by atoms with Crippen molar-refractivity contribution in [3.8, 4) is 5.75 Å². The maximum atomic E-state index is 5.96. The van der Waals surface area contributed by atoms with Crippen LogP contribution >= 0.6 is 27.9 Å². The van der Waals surface area contributed by atoms with E-state index in [0.29, 0.717) is 23.8 Å². The van der Waals surface area contributed by atoms with Crippen molar-refractivity contribution in [2.45, 2.75) is 58.0 Å². The fourth-order valence-electron chi connectivity index (χ4n) is 7.42. The number of nitrogens with zero attached hydrogens (tertiary/aromatic N) is 8. The SMILES string of the molecule is CCc1cc(Nc2ncc(Br)c(Nc3ccc4nccnc4c3N(C)SC)n2)c(OC)cc1N1CCC(N(CC)C2CCCN(C)C2)CC1. The predicted molar refractivity (Wildman–Crippen MR) is 208 cm³/mol. The van der Waals surface area contributed by atoms with Gasteiger partial charge < -0.3 is 29.5 Å². The van der Waals surface area contributed by atoms with Crippen molar-refractivity contribution in [3.05, 3.63) is 52.9 Å². The Labute approximate surface area is 303 Å². The first kappa shape index (κ1) is 35.4. The molecule has 1 unspecified atom stereocenters. The second-order valence-corrected chi connectivity index (χ2v) is 14.6. The Balaban J connectivity index is 1.20. The molecule has 0 saturated carbocycles. The number of rotatable bonds is 12. The molecule has 0 radical (unpaired) electrons. The van der Waals surface area contributed by atoms with E-state index in [1.807, 2.05) is 25.4 Å². The summed E-state index contributed by atoms with van der Waals surface area (Å²) in [5, 5.41) is 6.97. The van der Waals surface area contributed by atoms with Crippen LogP contribution < -0.4 is 24.6 Å². The van der Waals surface area contributed by atoms with Gasteiger partial charge in [-0.1, -0.05) is 25.8 Å². The van der Waals surface area contributed by atoms with E-state index in [2.05, 4.69) is 93.5 Å². The second-order valence-electron chi connectivity index (χ2n) is 12.8. The number of aromatic nitrogens is 4. The number of ether oxygens (including phenoxy) is 1. The number of nitrogens with one attached hydrogen (secondary N) is 2. The maximum Gasteiger partial charge on any atom is 0.229 e. The van der Waals surface area contributed by atoms with Crippen LogP contribution in [0.3, 0.4) is 0 Å². The molecule has 262 valence electrons. The zero-order valence-corrected chi connectivity index (χ0v) is 31.9. The van der Waals surface area contributed by atoms with Gasteiger partial charge in [-0.15, -0.1) is 0 Å². The summed E-state index contributed by atoms with van der Waals surface area (Å²) < 4.78 is 8.77. The van der Waals surface area contributed by atoms with Crippen molar-refractivity contribution >= 4 is 73.4 Å². The van der Waals surface area contributed by atoms with Gasteiger partial charge in [-0.2, -0.15) is 4.98 Å². The van der Waals surface area contributed by atoms with Gasteiger partial charge in [0, 0.05) is 75.4 Å². The number of likely N-dealkylation sites (tertiary alicyclic amines) is 1. The minimum atomic E-state index is 0.466. The van der Waals surface area contributed by atoms with E-state index in [9.17, 15) is 0 Å². The Morgan fingerprint density at radius 1 is 1.00 bits per heavy atom. The molecule has 4 aromatic rings. The van der Waals surface area contributed by atoms with Gasteiger partial charge in [-0.05, 0) is 91.9 Å². The maximum absolute atomic E-state index is 5.96. The molecule has 6 rings (SSSR count). The van der Waals surface area contributed by atoms with Gasteiger partial charge in [0.2, 0.25) is 5.95 Å². The molecule has 49 heavy (non-hydrogen) atoms. The molecule has 2 saturated heterocycles. The molecule has 2 aromatic carbocycles. The van der Waals surface area contributed by atoms with Gasteiger partial charge in [0.15, 0.2) is 0 Å². The first-order chi connectivity index (χ1) is 23.8. The number of methoxy groups -OCH3 is 1. The zero-order valence-electron chi connectivity index (χ0n) is 29.5. The largest absolute Gasteiger partial charge is 0.494 e. The standard InChI is InChI=1S/C36H49BrN10OS/c1-7-24-20-30(32(48-5)21-31(24)46-18-13-25(14-19-46)47(8-2)26-10-9-17-44(3)23-26)42-36-40-22-27(37)35(43-36)41-29-12-11-28-33(39-16-15-38-28)34(29)45(4)49-6/h11-12,15-16,20-22,25-26H,7-10,13-14,17-19,23H2,1-6H3,(H2,40,41,42,43). The molecule has 2 aromatic heterocycles. The lowest BCUT2D eigenvalue weighted by atomic mass is 9.96. The van der Waals surface area contributed by atoms with E-state index in [1.54, 1.807) is 37.6 Å². The predicted octanol–water partition coefficient (Wildman–Crippen LogP) is 7.34. The Kier molecular flexibility index (Phi) is 11.6. The van der Waals surface area contributed by atoms with Crippen molar-refractivity contribution in [1.82, 2.24) is 29.7 Å². The van der Waals surface area contributed by atoms with Crippen molar-refractivity contribution < 1.29 is 4.74 Å². The smallest absolute Gasteiger partial charge is 0.229 e. The second kappa shape index (κ2) is 16.1. The van der Waals surface area contributed by atoms with Crippen LogP contribution in [0.1, 0.15) is 45.1 Å². The van der Waals surface area contributed by atoms with Crippen molar-refractivity contribution in [2.24, 2.45) is 0 Å². The van der Waals surface area contributed by atoms with E-state index in [-0.39, 0.29) is 0 Å². The number of halogens is 1. The van der Waals surface area contributed by atoms with Crippen LogP contribution in [0.15, 0.2) is 47.3 Å². The number of benzene rings is 2. The molecule has 0 bridgehead atoms. The molecule has 13 heteroatoms. The van der Waals surface area contributed by atoms with Gasteiger partial charge in [0.25, 0.3) is 0 Å². The third kappa shape index (κ3) is 7.84. The molecule has 11 nitrogen and oxygen atoms in total. The molecule has 2 aliphatic rings. The molecule has 0 spiro atoms. The van der Waals surface area contributed by atoms with E-state index in [0.717, 1.165) is 64.4 Å². The Morgan fingerprint density at radius 3 is 2.51 bits per heavy atom. The number of anilines is 6. The first-order valence-electron chi connectivity index (χ1n) is 17.3. The zero-order chi connectivity index (χ0) is 34.5. The monoisotopic (exact) mass is 748 g/mol. The lowest BCUT2D eigenvalue weighted by Crippen LogP contribution is -2.53. The minimum Gasteiger partial charge on any atom is -0.494 e. The molecule has 4 heterocycles. The third-order valence-electron chi connectivity index (χ3n) is 9.94. The van der Waals surface area contributed by atoms with Crippen LogP contribution in [0.5, 0.6) is 5.75 Å². The van der Waals surface area contributed by atoms with Crippen molar-refractivity contribution in [3.63, 3.8) is 0 Å². The van der Waals surface area contributed by atoms with Crippen LogP contribution in [0.2, 0.25) is 0 Å². The molecule has 1 atom stereocenters. The van der Waals surface area contributed by atoms with Crippen LogP contribution in [-0.2, 0) is 6.42 Å². The highest BCUT2D eigenvalue weighted by Crippen LogP contribution is 2.39. The Bertz CT molecular complexity index is 1740. The molecule has 2 N–H and O–H groups in total. The summed E-state index contributed by atoms with van der Waals surface area (Å²) in [6.45, 7) is 10.2. The summed E-state index contributed by atoms with van der Waals surface area (Å²) in [6.07, 6.45) is 13.1. The quantitative estimate of drug-likeness (QED) is 0.142. The van der Waals surface area contributed by atoms with Crippen LogP contribution in [-0.4, -0.2) is 102 Å². The summed E-state index contributed by atoms with van der Waals surface area (Å²) >= 11 is 5.25. The highest BCUT2D eigenvalue weighted by molar-refractivity contribution is 9.10. The highest BCUT2D eigenvalue weighted by Gasteiger charge is 2.31. The molecular weight excluding hydrogens is 700 g/mol. The molecular formula is C36H49BrN10OS. The normalized spacial score (nSPS) is 17.5.